The Hall–Kier alpha value is -4.89. The van der Waals surface area contributed by atoms with Gasteiger partial charge in [-0.3, -0.25) is 14.1 Å². The highest BCUT2D eigenvalue weighted by atomic mass is 19.4. The van der Waals surface area contributed by atoms with Crippen molar-refractivity contribution in [2.24, 2.45) is 0 Å². The van der Waals surface area contributed by atoms with Gasteiger partial charge < -0.3 is 15.0 Å². The van der Waals surface area contributed by atoms with Gasteiger partial charge in [-0.25, -0.2) is 4.79 Å². The van der Waals surface area contributed by atoms with Gasteiger partial charge in [-0.2, -0.15) is 13.2 Å². The molecule has 0 spiro atoms. The Morgan fingerprint density at radius 1 is 1.02 bits per heavy atom. The van der Waals surface area contributed by atoms with Crippen LogP contribution in [0.1, 0.15) is 72.0 Å². The Morgan fingerprint density at radius 3 is 2.47 bits per heavy atom. The van der Waals surface area contributed by atoms with Crippen molar-refractivity contribution >= 4 is 23.3 Å². The number of fused-ring (bicyclic) bond motifs is 1. The monoisotopic (exact) mass is 646 g/mol. The first-order valence-corrected chi connectivity index (χ1v) is 15.3. The van der Waals surface area contributed by atoms with E-state index < -0.39 is 29.3 Å². The minimum absolute atomic E-state index is 0.0342. The van der Waals surface area contributed by atoms with Gasteiger partial charge in [0.25, 0.3) is 5.91 Å². The zero-order valence-corrected chi connectivity index (χ0v) is 27.0. The number of halogens is 3. The van der Waals surface area contributed by atoms with Crippen LogP contribution in [0.25, 0.3) is 5.65 Å². The Kier molecular flexibility index (Phi) is 9.58. The number of benzene rings is 2. The molecule has 0 atom stereocenters. The van der Waals surface area contributed by atoms with Crippen molar-refractivity contribution in [3.63, 3.8) is 0 Å². The SMILES string of the molecule is Cc1ccc(C(=O)Nc2ccc(CN3CCC(N(C)C(=O)OC(C)(C)C)CC3)c(C(F)(F)F)c2)cc1C#Cc1nnc2ccccn12. The van der Waals surface area contributed by atoms with Crippen LogP contribution in [0.4, 0.5) is 23.7 Å². The zero-order valence-electron chi connectivity index (χ0n) is 27.0. The fraction of sp³-hybridized carbons (Fsp3) is 0.371. The standard InChI is InChI=1S/C35H37F3N6O3/c1-23-9-10-25(20-24(23)12-14-31-41-40-30-8-6-7-17-44(30)31)32(45)39-27-13-11-26(29(21-27)35(36,37)38)22-43-18-15-28(16-19-43)42(5)33(46)47-34(2,3)4/h6-11,13,17,20-21,28H,15-16,18-19,22H2,1-5H3,(H,39,45). The van der Waals surface area contributed by atoms with Crippen molar-refractivity contribution in [1.82, 2.24) is 24.4 Å². The largest absolute Gasteiger partial charge is 0.444 e. The van der Waals surface area contributed by atoms with Crippen molar-refractivity contribution in [3.05, 3.63) is 94.4 Å². The average molecular weight is 647 g/mol. The molecule has 9 nitrogen and oxygen atoms in total. The highest BCUT2D eigenvalue weighted by Crippen LogP contribution is 2.35. The van der Waals surface area contributed by atoms with Crippen LogP contribution in [0.3, 0.4) is 0 Å². The summed E-state index contributed by atoms with van der Waals surface area (Å²) < 4.78 is 49.8. The predicted molar refractivity (Wildman–Crippen MR) is 172 cm³/mol. The number of alkyl halides is 3. The summed E-state index contributed by atoms with van der Waals surface area (Å²) in [6, 6.07) is 14.2. The average Bonchev–Trinajstić information content (AvgIpc) is 3.43. The number of hydrogen-bond acceptors (Lipinski definition) is 6. The van der Waals surface area contributed by atoms with E-state index in [9.17, 15) is 22.8 Å². The van der Waals surface area contributed by atoms with Crippen molar-refractivity contribution in [2.45, 2.75) is 64.9 Å². The Labute approximate surface area is 271 Å². The highest BCUT2D eigenvalue weighted by Gasteiger charge is 2.35. The maximum atomic E-state index is 14.2. The van der Waals surface area contributed by atoms with E-state index >= 15 is 0 Å². The molecule has 0 bridgehead atoms. The number of piperidine rings is 1. The summed E-state index contributed by atoms with van der Waals surface area (Å²) in [6.45, 7) is 8.40. The third kappa shape index (κ3) is 8.29. The van der Waals surface area contributed by atoms with E-state index in [1.807, 2.05) is 30.0 Å². The molecule has 1 aliphatic heterocycles. The van der Waals surface area contributed by atoms with Crippen LogP contribution >= 0.6 is 0 Å². The smallest absolute Gasteiger partial charge is 0.416 e. The van der Waals surface area contributed by atoms with Crippen molar-refractivity contribution in [2.75, 3.05) is 25.5 Å². The molecule has 2 amide bonds. The van der Waals surface area contributed by atoms with Gasteiger partial charge >= 0.3 is 12.3 Å². The molecule has 2 aromatic carbocycles. The number of hydrogen-bond donors (Lipinski definition) is 1. The minimum Gasteiger partial charge on any atom is -0.444 e. The first-order chi connectivity index (χ1) is 22.2. The third-order valence-corrected chi connectivity index (χ3v) is 7.98. The molecule has 0 radical (unpaired) electrons. The van der Waals surface area contributed by atoms with Gasteiger partial charge in [-0.1, -0.05) is 24.1 Å². The summed E-state index contributed by atoms with van der Waals surface area (Å²) in [5.74, 6) is 5.89. The second-order valence-corrected chi connectivity index (χ2v) is 12.7. The molecule has 4 aromatic rings. The van der Waals surface area contributed by atoms with Crippen LogP contribution in [0.5, 0.6) is 0 Å². The summed E-state index contributed by atoms with van der Waals surface area (Å²) >= 11 is 0. The van der Waals surface area contributed by atoms with Crippen LogP contribution < -0.4 is 5.32 Å². The molecule has 246 valence electrons. The molecule has 1 aliphatic rings. The quantitative estimate of drug-likeness (QED) is 0.248. The van der Waals surface area contributed by atoms with E-state index in [2.05, 4.69) is 27.4 Å². The molecule has 1 N–H and O–H groups in total. The molecule has 3 heterocycles. The lowest BCUT2D eigenvalue weighted by atomic mass is 10.0. The van der Waals surface area contributed by atoms with Crippen molar-refractivity contribution < 1.29 is 27.5 Å². The van der Waals surface area contributed by atoms with Gasteiger partial charge in [-0.15, -0.1) is 10.2 Å². The minimum atomic E-state index is -4.62. The normalized spacial score (nSPS) is 14.4. The number of likely N-dealkylation sites (tertiary alicyclic amines) is 1. The molecule has 2 aromatic heterocycles. The number of aromatic nitrogens is 3. The van der Waals surface area contributed by atoms with E-state index in [1.54, 1.807) is 61.5 Å². The molecule has 0 unspecified atom stereocenters. The number of rotatable bonds is 5. The summed E-state index contributed by atoms with van der Waals surface area (Å²) in [6.07, 6.45) is -2.01. The lowest BCUT2D eigenvalue weighted by molar-refractivity contribution is -0.138. The van der Waals surface area contributed by atoms with Crippen LogP contribution in [-0.4, -0.2) is 68.2 Å². The molecule has 1 fully saturated rings. The number of carbonyl (C=O) groups excluding carboxylic acids is 2. The first kappa shape index (κ1) is 33.5. The molecule has 0 aliphatic carbocycles. The number of nitrogens with zero attached hydrogens (tertiary/aromatic N) is 5. The van der Waals surface area contributed by atoms with E-state index in [0.29, 0.717) is 43.0 Å². The van der Waals surface area contributed by atoms with E-state index in [-0.39, 0.29) is 29.4 Å². The number of pyridine rings is 1. The fourth-order valence-electron chi connectivity index (χ4n) is 5.40. The topological polar surface area (TPSA) is 92.1 Å². The first-order valence-electron chi connectivity index (χ1n) is 15.3. The molecular formula is C35H37F3N6O3. The van der Waals surface area contributed by atoms with Crippen molar-refractivity contribution in [3.8, 4) is 11.8 Å². The maximum Gasteiger partial charge on any atom is 0.416 e. The third-order valence-electron chi connectivity index (χ3n) is 7.98. The Bertz CT molecular complexity index is 1840. The lowest BCUT2D eigenvalue weighted by Crippen LogP contribution is -2.46. The molecular weight excluding hydrogens is 609 g/mol. The Morgan fingerprint density at radius 2 is 1.77 bits per heavy atom. The number of aryl methyl sites for hydroxylation is 1. The zero-order chi connectivity index (χ0) is 33.9. The maximum absolute atomic E-state index is 14.2. The second kappa shape index (κ2) is 13.5. The number of nitrogens with one attached hydrogen (secondary N) is 1. The van der Waals surface area contributed by atoms with Crippen LogP contribution in [0.15, 0.2) is 60.8 Å². The van der Waals surface area contributed by atoms with E-state index in [1.165, 1.54) is 12.1 Å². The van der Waals surface area contributed by atoms with Crippen LogP contribution in [0, 0.1) is 18.8 Å². The lowest BCUT2D eigenvalue weighted by Gasteiger charge is -2.37. The van der Waals surface area contributed by atoms with Gasteiger partial charge in [0.2, 0.25) is 5.82 Å². The van der Waals surface area contributed by atoms with Crippen molar-refractivity contribution in [1.29, 1.82) is 0 Å². The second-order valence-electron chi connectivity index (χ2n) is 12.7. The summed E-state index contributed by atoms with van der Waals surface area (Å²) in [5.41, 5.74) is 1.04. The molecule has 12 heteroatoms. The Balaban J connectivity index is 1.26. The van der Waals surface area contributed by atoms with Crippen LogP contribution in [-0.2, 0) is 17.5 Å². The molecule has 1 saturated heterocycles. The highest BCUT2D eigenvalue weighted by molar-refractivity contribution is 6.04. The van der Waals surface area contributed by atoms with Gasteiger partial charge in [0.05, 0.1) is 5.56 Å². The van der Waals surface area contributed by atoms with Gasteiger partial charge in [0, 0.05) is 55.7 Å². The summed E-state index contributed by atoms with van der Waals surface area (Å²) in [5, 5.41) is 10.8. The van der Waals surface area contributed by atoms with Gasteiger partial charge in [0.1, 0.15) is 5.60 Å². The van der Waals surface area contributed by atoms with Gasteiger partial charge in [0.15, 0.2) is 5.65 Å². The van der Waals surface area contributed by atoms with Crippen LogP contribution in [0.2, 0.25) is 0 Å². The number of ether oxygens (including phenoxy) is 1. The predicted octanol–water partition coefficient (Wildman–Crippen LogP) is 6.54. The molecule has 0 saturated carbocycles. The number of carbonyl (C=O) groups is 2. The van der Waals surface area contributed by atoms with E-state index in [4.69, 9.17) is 4.74 Å². The number of amides is 2. The summed E-state index contributed by atoms with van der Waals surface area (Å²) in [7, 11) is 1.69. The summed E-state index contributed by atoms with van der Waals surface area (Å²) in [4.78, 5) is 29.1. The number of anilines is 1. The van der Waals surface area contributed by atoms with E-state index in [0.717, 1.165) is 11.6 Å². The van der Waals surface area contributed by atoms with Gasteiger partial charge in [-0.05, 0) is 94.0 Å². The molecule has 5 rings (SSSR count). The molecule has 47 heavy (non-hydrogen) atoms. The fourth-order valence-corrected chi connectivity index (χ4v) is 5.40.